The van der Waals surface area contributed by atoms with Gasteiger partial charge in [-0.3, -0.25) is 4.79 Å². The van der Waals surface area contributed by atoms with Gasteiger partial charge in [0, 0.05) is 12.2 Å². The Labute approximate surface area is 129 Å². The van der Waals surface area contributed by atoms with E-state index in [1.807, 2.05) is 42.7 Å². The van der Waals surface area contributed by atoms with Gasteiger partial charge in [-0.05, 0) is 31.9 Å². The molecule has 2 aromatic rings. The van der Waals surface area contributed by atoms with E-state index in [4.69, 9.17) is 0 Å². The molecule has 0 saturated carbocycles. The molecular weight excluding hydrogens is 284 g/mol. The summed E-state index contributed by atoms with van der Waals surface area (Å²) in [7, 11) is 0. The second-order valence-electron chi connectivity index (χ2n) is 4.62. The number of carbonyl (C=O) groups excluding carboxylic acids is 1. The van der Waals surface area contributed by atoms with Crippen LogP contribution in [0.1, 0.15) is 25.2 Å². The van der Waals surface area contributed by atoms with E-state index in [0.29, 0.717) is 5.75 Å². The van der Waals surface area contributed by atoms with E-state index in [1.165, 1.54) is 11.8 Å². The fourth-order valence-electron chi connectivity index (χ4n) is 2.10. The summed E-state index contributed by atoms with van der Waals surface area (Å²) in [6.07, 6.45) is 0.896. The van der Waals surface area contributed by atoms with Crippen LogP contribution >= 0.6 is 11.8 Å². The van der Waals surface area contributed by atoms with E-state index in [-0.39, 0.29) is 5.91 Å². The molecule has 0 saturated heterocycles. The summed E-state index contributed by atoms with van der Waals surface area (Å²) >= 11 is 1.41. The summed E-state index contributed by atoms with van der Waals surface area (Å²) in [6.45, 7) is 6.84. The molecule has 0 aliphatic heterocycles. The lowest BCUT2D eigenvalue weighted by Crippen LogP contribution is -2.15. The van der Waals surface area contributed by atoms with Gasteiger partial charge in [0.25, 0.3) is 0 Å². The van der Waals surface area contributed by atoms with Crippen LogP contribution in [0.3, 0.4) is 0 Å². The minimum absolute atomic E-state index is 0.0239. The lowest BCUT2D eigenvalue weighted by atomic mass is 10.1. The van der Waals surface area contributed by atoms with E-state index < -0.39 is 0 Å². The highest BCUT2D eigenvalue weighted by Crippen LogP contribution is 2.19. The summed E-state index contributed by atoms with van der Waals surface area (Å²) in [5.41, 5.74) is 2.03. The largest absolute Gasteiger partial charge is 0.325 e. The molecular formula is C15H20N4OS. The third-order valence-corrected chi connectivity index (χ3v) is 4.19. The van der Waals surface area contributed by atoms with Gasteiger partial charge in [-0.2, -0.15) is 0 Å². The third-order valence-electron chi connectivity index (χ3n) is 3.22. The van der Waals surface area contributed by atoms with Crippen LogP contribution in [-0.4, -0.2) is 26.4 Å². The number of para-hydroxylation sites is 1. The lowest BCUT2D eigenvalue weighted by Gasteiger charge is -2.09. The molecule has 1 N–H and O–H groups in total. The van der Waals surface area contributed by atoms with Crippen molar-refractivity contribution in [3.8, 4) is 0 Å². The van der Waals surface area contributed by atoms with Gasteiger partial charge in [0.2, 0.25) is 5.91 Å². The summed E-state index contributed by atoms with van der Waals surface area (Å²) < 4.78 is 2.00. The fourth-order valence-corrected chi connectivity index (χ4v) is 2.95. The Morgan fingerprint density at radius 3 is 2.76 bits per heavy atom. The molecule has 0 aliphatic carbocycles. The molecule has 6 heteroatoms. The molecule has 0 radical (unpaired) electrons. The molecule has 1 aromatic carbocycles. The number of anilines is 1. The van der Waals surface area contributed by atoms with Crippen molar-refractivity contribution in [2.45, 2.75) is 38.9 Å². The first-order valence-electron chi connectivity index (χ1n) is 7.06. The predicted molar refractivity (Wildman–Crippen MR) is 85.6 cm³/mol. The number of carbonyl (C=O) groups is 1. The van der Waals surface area contributed by atoms with E-state index in [2.05, 4.69) is 22.4 Å². The first-order chi connectivity index (χ1) is 10.2. The van der Waals surface area contributed by atoms with Gasteiger partial charge in [0.1, 0.15) is 5.82 Å². The number of aryl methyl sites for hydroxylation is 2. The van der Waals surface area contributed by atoms with Crippen LogP contribution < -0.4 is 5.32 Å². The van der Waals surface area contributed by atoms with Crippen molar-refractivity contribution in [2.75, 3.05) is 11.1 Å². The van der Waals surface area contributed by atoms with Crippen molar-refractivity contribution >= 4 is 23.4 Å². The van der Waals surface area contributed by atoms with Gasteiger partial charge in [0.05, 0.1) is 5.75 Å². The summed E-state index contributed by atoms with van der Waals surface area (Å²) in [5, 5.41) is 11.9. The second kappa shape index (κ2) is 7.26. The molecule has 112 valence electrons. The predicted octanol–water partition coefficient (Wildman–Crippen LogP) is 2.90. The Balaban J connectivity index is 1.96. The zero-order valence-corrected chi connectivity index (χ0v) is 13.4. The molecule has 0 fully saturated rings. The van der Waals surface area contributed by atoms with Crippen molar-refractivity contribution in [3.05, 3.63) is 35.7 Å². The monoisotopic (exact) mass is 304 g/mol. The normalized spacial score (nSPS) is 10.6. The van der Waals surface area contributed by atoms with Crippen molar-refractivity contribution in [1.29, 1.82) is 0 Å². The van der Waals surface area contributed by atoms with Crippen molar-refractivity contribution in [3.63, 3.8) is 0 Å². The number of amides is 1. The van der Waals surface area contributed by atoms with E-state index >= 15 is 0 Å². The smallest absolute Gasteiger partial charge is 0.234 e. The number of hydrogen-bond acceptors (Lipinski definition) is 4. The maximum Gasteiger partial charge on any atom is 0.234 e. The van der Waals surface area contributed by atoms with Crippen molar-refractivity contribution in [1.82, 2.24) is 14.8 Å². The summed E-state index contributed by atoms with van der Waals surface area (Å²) in [4.78, 5) is 12.1. The molecule has 1 amide bonds. The number of rotatable bonds is 6. The number of thioether (sulfide) groups is 1. The van der Waals surface area contributed by atoms with Gasteiger partial charge >= 0.3 is 0 Å². The Kier molecular flexibility index (Phi) is 5.38. The number of benzene rings is 1. The van der Waals surface area contributed by atoms with Crippen molar-refractivity contribution in [2.24, 2.45) is 0 Å². The fraction of sp³-hybridized carbons (Fsp3) is 0.400. The maximum absolute atomic E-state index is 12.1. The number of hydrogen-bond donors (Lipinski definition) is 1. The molecule has 0 bridgehead atoms. The van der Waals surface area contributed by atoms with Crippen LogP contribution in [0.15, 0.2) is 29.4 Å². The highest BCUT2D eigenvalue weighted by molar-refractivity contribution is 7.99. The average molecular weight is 304 g/mol. The van der Waals surface area contributed by atoms with Gasteiger partial charge in [-0.25, -0.2) is 0 Å². The van der Waals surface area contributed by atoms with E-state index in [9.17, 15) is 4.79 Å². The Bertz CT molecular complexity index is 624. The minimum Gasteiger partial charge on any atom is -0.325 e. The van der Waals surface area contributed by atoms with Crippen LogP contribution in [0.5, 0.6) is 0 Å². The molecule has 0 atom stereocenters. The van der Waals surface area contributed by atoms with Crippen LogP contribution in [0.4, 0.5) is 5.69 Å². The molecule has 1 aromatic heterocycles. The quantitative estimate of drug-likeness (QED) is 0.834. The lowest BCUT2D eigenvalue weighted by molar-refractivity contribution is -0.113. The van der Waals surface area contributed by atoms with Gasteiger partial charge in [-0.15, -0.1) is 10.2 Å². The SMILES string of the molecule is CCc1ccccc1NC(=O)CSc1nnc(C)n1CC. The highest BCUT2D eigenvalue weighted by atomic mass is 32.2. The summed E-state index contributed by atoms with van der Waals surface area (Å²) in [5.74, 6) is 1.18. The van der Waals surface area contributed by atoms with Crippen LogP contribution in [-0.2, 0) is 17.8 Å². The maximum atomic E-state index is 12.1. The van der Waals surface area contributed by atoms with E-state index in [1.54, 1.807) is 0 Å². The zero-order valence-electron chi connectivity index (χ0n) is 12.6. The standard InChI is InChI=1S/C15H20N4OS/c1-4-12-8-6-7-9-13(12)16-14(20)10-21-15-18-17-11(3)19(15)5-2/h6-9H,4-5,10H2,1-3H3,(H,16,20). The molecule has 0 unspecified atom stereocenters. The number of nitrogens with zero attached hydrogens (tertiary/aromatic N) is 3. The Morgan fingerprint density at radius 1 is 1.29 bits per heavy atom. The highest BCUT2D eigenvalue weighted by Gasteiger charge is 2.11. The number of aromatic nitrogens is 3. The Morgan fingerprint density at radius 2 is 2.05 bits per heavy atom. The summed E-state index contributed by atoms with van der Waals surface area (Å²) in [6, 6.07) is 7.87. The zero-order chi connectivity index (χ0) is 15.2. The molecule has 0 aliphatic rings. The topological polar surface area (TPSA) is 59.8 Å². The van der Waals surface area contributed by atoms with Gasteiger partial charge < -0.3 is 9.88 Å². The van der Waals surface area contributed by atoms with Crippen LogP contribution in [0.25, 0.3) is 0 Å². The third kappa shape index (κ3) is 3.85. The average Bonchev–Trinajstić information content (AvgIpc) is 2.85. The van der Waals surface area contributed by atoms with Crippen LogP contribution in [0.2, 0.25) is 0 Å². The van der Waals surface area contributed by atoms with Gasteiger partial charge in [0.15, 0.2) is 5.16 Å². The molecule has 5 nitrogen and oxygen atoms in total. The van der Waals surface area contributed by atoms with E-state index in [0.717, 1.165) is 35.2 Å². The molecule has 1 heterocycles. The molecule has 2 rings (SSSR count). The number of nitrogens with one attached hydrogen (secondary N) is 1. The first kappa shape index (κ1) is 15.6. The first-order valence-corrected chi connectivity index (χ1v) is 8.04. The van der Waals surface area contributed by atoms with Gasteiger partial charge in [-0.1, -0.05) is 36.9 Å². The molecule has 0 spiro atoms. The second-order valence-corrected chi connectivity index (χ2v) is 5.56. The van der Waals surface area contributed by atoms with Crippen molar-refractivity contribution < 1.29 is 4.79 Å². The Hall–Kier alpha value is -1.82. The minimum atomic E-state index is -0.0239. The van der Waals surface area contributed by atoms with Crippen LogP contribution in [0, 0.1) is 6.92 Å². The molecule has 21 heavy (non-hydrogen) atoms.